The summed E-state index contributed by atoms with van der Waals surface area (Å²) in [5, 5.41) is 0. The number of nitrogens with zero attached hydrogens (tertiary/aromatic N) is 1. The zero-order valence-electron chi connectivity index (χ0n) is 10.1. The molecule has 3 nitrogen and oxygen atoms in total. The van der Waals surface area contributed by atoms with Gasteiger partial charge in [0, 0.05) is 25.8 Å². The molecule has 3 atom stereocenters. The summed E-state index contributed by atoms with van der Waals surface area (Å²) in [5.41, 5.74) is 0. The Kier molecular flexibility index (Phi) is 3.46. The molecule has 3 saturated heterocycles. The number of likely N-dealkylation sites (tertiary alicyclic amines) is 1. The Bertz CT molecular complexity index is 198. The van der Waals surface area contributed by atoms with E-state index in [1.165, 1.54) is 51.5 Å². The molecular formula is C13H23NO2. The molecule has 3 fully saturated rings. The third kappa shape index (κ3) is 2.13. The molecule has 0 spiro atoms. The zero-order valence-corrected chi connectivity index (χ0v) is 10.1. The summed E-state index contributed by atoms with van der Waals surface area (Å²) in [6.45, 7) is 3.15. The average Bonchev–Trinajstić information content (AvgIpc) is 3.03. The largest absolute Gasteiger partial charge is 0.377 e. The Hall–Kier alpha value is -0.120. The molecule has 0 amide bonds. The molecule has 3 unspecified atom stereocenters. The molecule has 3 rings (SSSR count). The van der Waals surface area contributed by atoms with Crippen LogP contribution in [0.5, 0.6) is 0 Å². The molecule has 0 bridgehead atoms. The zero-order chi connectivity index (χ0) is 10.8. The highest BCUT2D eigenvalue weighted by Gasteiger charge is 2.37. The monoisotopic (exact) mass is 225 g/mol. The van der Waals surface area contributed by atoms with Crippen molar-refractivity contribution in [3.63, 3.8) is 0 Å². The van der Waals surface area contributed by atoms with Crippen LogP contribution in [0.1, 0.15) is 44.9 Å². The fourth-order valence-electron chi connectivity index (χ4n) is 3.46. The minimum atomic E-state index is 0.398. The van der Waals surface area contributed by atoms with Crippen LogP contribution in [0.4, 0.5) is 0 Å². The van der Waals surface area contributed by atoms with Gasteiger partial charge in [0.2, 0.25) is 0 Å². The number of rotatable bonds is 2. The smallest absolute Gasteiger partial charge is 0.111 e. The normalized spacial score (nSPS) is 41.6. The first-order chi connectivity index (χ1) is 7.95. The van der Waals surface area contributed by atoms with Gasteiger partial charge in [-0.3, -0.25) is 4.90 Å². The van der Waals surface area contributed by atoms with Crippen molar-refractivity contribution in [1.29, 1.82) is 0 Å². The molecule has 0 aromatic rings. The van der Waals surface area contributed by atoms with E-state index in [1.54, 1.807) is 0 Å². The van der Waals surface area contributed by atoms with E-state index in [0.29, 0.717) is 18.4 Å². The minimum absolute atomic E-state index is 0.398. The van der Waals surface area contributed by atoms with Gasteiger partial charge in [0.25, 0.3) is 0 Å². The third-order valence-corrected chi connectivity index (χ3v) is 4.26. The van der Waals surface area contributed by atoms with E-state index >= 15 is 0 Å². The van der Waals surface area contributed by atoms with E-state index in [9.17, 15) is 0 Å². The topological polar surface area (TPSA) is 21.7 Å². The molecule has 3 heteroatoms. The molecule has 0 aromatic heterocycles. The molecule has 0 aliphatic carbocycles. The highest BCUT2D eigenvalue weighted by molar-refractivity contribution is 4.88. The summed E-state index contributed by atoms with van der Waals surface area (Å²) >= 11 is 0. The number of piperidine rings is 1. The van der Waals surface area contributed by atoms with Crippen molar-refractivity contribution < 1.29 is 9.47 Å². The quantitative estimate of drug-likeness (QED) is 0.719. The predicted molar refractivity (Wildman–Crippen MR) is 62.3 cm³/mol. The maximum atomic E-state index is 5.89. The number of hydrogen-bond acceptors (Lipinski definition) is 3. The molecule has 0 saturated carbocycles. The molecule has 92 valence electrons. The second-order valence-corrected chi connectivity index (χ2v) is 5.32. The van der Waals surface area contributed by atoms with E-state index in [1.807, 2.05) is 0 Å². The van der Waals surface area contributed by atoms with Crippen molar-refractivity contribution in [2.75, 3.05) is 19.8 Å². The van der Waals surface area contributed by atoms with Gasteiger partial charge >= 0.3 is 0 Å². The molecule has 16 heavy (non-hydrogen) atoms. The predicted octanol–water partition coefficient (Wildman–Crippen LogP) is 2.16. The first kappa shape index (κ1) is 11.0. The third-order valence-electron chi connectivity index (χ3n) is 4.26. The van der Waals surface area contributed by atoms with Crippen LogP contribution in [0.2, 0.25) is 0 Å². The van der Waals surface area contributed by atoms with Crippen LogP contribution in [0, 0.1) is 0 Å². The van der Waals surface area contributed by atoms with E-state index in [4.69, 9.17) is 9.47 Å². The fraction of sp³-hybridized carbons (Fsp3) is 1.00. The van der Waals surface area contributed by atoms with Crippen LogP contribution in [0.25, 0.3) is 0 Å². The summed E-state index contributed by atoms with van der Waals surface area (Å²) in [7, 11) is 0. The Morgan fingerprint density at radius 1 is 0.812 bits per heavy atom. The van der Waals surface area contributed by atoms with E-state index in [-0.39, 0.29) is 0 Å². The fourth-order valence-corrected chi connectivity index (χ4v) is 3.46. The second-order valence-electron chi connectivity index (χ2n) is 5.32. The maximum absolute atomic E-state index is 5.89. The van der Waals surface area contributed by atoms with Crippen molar-refractivity contribution in [2.24, 2.45) is 0 Å². The molecular weight excluding hydrogens is 202 g/mol. The molecule has 3 heterocycles. The summed E-state index contributed by atoms with van der Waals surface area (Å²) in [4.78, 5) is 2.60. The molecule has 0 aromatic carbocycles. The average molecular weight is 225 g/mol. The first-order valence-electron chi connectivity index (χ1n) is 6.94. The standard InChI is InChI=1S/C13H23NO2/c1-2-8-14(13-7-4-10-16-13)11(5-1)12-6-3-9-15-12/h11-13H,1-10H2. The van der Waals surface area contributed by atoms with Gasteiger partial charge in [-0.1, -0.05) is 6.42 Å². The maximum Gasteiger partial charge on any atom is 0.111 e. The van der Waals surface area contributed by atoms with Crippen molar-refractivity contribution in [3.05, 3.63) is 0 Å². The Morgan fingerprint density at radius 3 is 2.44 bits per heavy atom. The summed E-state index contributed by atoms with van der Waals surface area (Å²) in [5.74, 6) is 0. The van der Waals surface area contributed by atoms with E-state index in [2.05, 4.69) is 4.90 Å². The lowest BCUT2D eigenvalue weighted by molar-refractivity contribution is -0.0912. The van der Waals surface area contributed by atoms with Crippen LogP contribution < -0.4 is 0 Å². The lowest BCUT2D eigenvalue weighted by Gasteiger charge is -2.41. The minimum Gasteiger partial charge on any atom is -0.377 e. The molecule has 3 aliphatic rings. The first-order valence-corrected chi connectivity index (χ1v) is 6.94. The lowest BCUT2D eigenvalue weighted by Crippen LogP contribution is -2.51. The Balaban J connectivity index is 1.67. The van der Waals surface area contributed by atoms with Gasteiger partial charge in [0.1, 0.15) is 6.23 Å². The summed E-state index contributed by atoms with van der Waals surface area (Å²) in [6.07, 6.45) is 9.87. The highest BCUT2D eigenvalue weighted by atomic mass is 16.5. The van der Waals surface area contributed by atoms with E-state index < -0.39 is 0 Å². The summed E-state index contributed by atoms with van der Waals surface area (Å²) < 4.78 is 11.7. The van der Waals surface area contributed by atoms with Crippen molar-refractivity contribution >= 4 is 0 Å². The van der Waals surface area contributed by atoms with Gasteiger partial charge in [0.05, 0.1) is 6.10 Å². The van der Waals surface area contributed by atoms with Crippen LogP contribution in [-0.2, 0) is 9.47 Å². The van der Waals surface area contributed by atoms with Crippen LogP contribution >= 0.6 is 0 Å². The van der Waals surface area contributed by atoms with Crippen LogP contribution in [0.3, 0.4) is 0 Å². The number of hydrogen-bond donors (Lipinski definition) is 0. The number of ether oxygens (including phenoxy) is 2. The van der Waals surface area contributed by atoms with Crippen molar-refractivity contribution in [3.8, 4) is 0 Å². The van der Waals surface area contributed by atoms with Gasteiger partial charge in [-0.2, -0.15) is 0 Å². The summed E-state index contributed by atoms with van der Waals surface area (Å²) in [6, 6.07) is 0.638. The van der Waals surface area contributed by atoms with Gasteiger partial charge in [0.15, 0.2) is 0 Å². The van der Waals surface area contributed by atoms with Crippen molar-refractivity contribution in [1.82, 2.24) is 4.90 Å². The SMILES string of the molecule is C1COC(C2CCCCN2C2CCCO2)C1. The Labute approximate surface area is 98.1 Å². The van der Waals surface area contributed by atoms with Crippen molar-refractivity contribution in [2.45, 2.75) is 63.3 Å². The van der Waals surface area contributed by atoms with Crippen LogP contribution in [0.15, 0.2) is 0 Å². The Morgan fingerprint density at radius 2 is 1.69 bits per heavy atom. The highest BCUT2D eigenvalue weighted by Crippen LogP contribution is 2.31. The molecule has 0 radical (unpaired) electrons. The molecule has 0 N–H and O–H groups in total. The lowest BCUT2D eigenvalue weighted by atomic mass is 9.95. The van der Waals surface area contributed by atoms with Gasteiger partial charge in [-0.15, -0.1) is 0 Å². The van der Waals surface area contributed by atoms with Gasteiger partial charge in [-0.05, 0) is 38.5 Å². The van der Waals surface area contributed by atoms with Gasteiger partial charge < -0.3 is 9.47 Å². The van der Waals surface area contributed by atoms with Crippen LogP contribution in [-0.4, -0.2) is 43.0 Å². The van der Waals surface area contributed by atoms with E-state index in [0.717, 1.165) is 13.2 Å². The van der Waals surface area contributed by atoms with Gasteiger partial charge in [-0.25, -0.2) is 0 Å². The second kappa shape index (κ2) is 5.03. The molecule has 3 aliphatic heterocycles.